The van der Waals surface area contributed by atoms with Crippen molar-refractivity contribution in [3.05, 3.63) is 23.5 Å². The summed E-state index contributed by atoms with van der Waals surface area (Å²) in [6.45, 7) is 12.6. The topological polar surface area (TPSA) is 80.6 Å². The van der Waals surface area contributed by atoms with Crippen molar-refractivity contribution in [2.24, 2.45) is 5.92 Å². The molecule has 3 heterocycles. The number of aryl methyl sites for hydroxylation is 1. The van der Waals surface area contributed by atoms with Gasteiger partial charge in [-0.1, -0.05) is 13.8 Å². The molecule has 1 fully saturated rings. The summed E-state index contributed by atoms with van der Waals surface area (Å²) in [5.74, 6) is 0.251. The lowest BCUT2D eigenvalue weighted by Gasteiger charge is -2.22. The lowest BCUT2D eigenvalue weighted by atomic mass is 10.1. The van der Waals surface area contributed by atoms with E-state index in [1.807, 2.05) is 31.5 Å². The molecule has 0 radical (unpaired) electrons. The van der Waals surface area contributed by atoms with Gasteiger partial charge in [-0.15, -0.1) is 0 Å². The van der Waals surface area contributed by atoms with Gasteiger partial charge in [-0.25, -0.2) is 14.5 Å². The Morgan fingerprint density at radius 3 is 2.48 bits per heavy atom. The first-order valence-electron chi connectivity index (χ1n) is 10.3. The van der Waals surface area contributed by atoms with Crippen LogP contribution < -0.4 is 0 Å². The van der Waals surface area contributed by atoms with Gasteiger partial charge >= 0.3 is 6.09 Å². The molecule has 0 aromatic carbocycles. The first-order chi connectivity index (χ1) is 13.8. The zero-order valence-electron chi connectivity index (χ0n) is 18.0. The Morgan fingerprint density at radius 1 is 1.10 bits per heavy atom. The molecule has 2 aromatic rings. The van der Waals surface area contributed by atoms with Crippen LogP contribution in [0, 0.1) is 12.8 Å². The molecule has 0 spiro atoms. The molecule has 1 aliphatic heterocycles. The summed E-state index contributed by atoms with van der Waals surface area (Å²) in [5.41, 5.74) is 2.09. The van der Waals surface area contributed by atoms with Gasteiger partial charge in [0.05, 0.1) is 24.1 Å². The molecular weight excluding hydrogens is 370 g/mol. The smallest absolute Gasteiger partial charge is 0.409 e. The van der Waals surface area contributed by atoms with Gasteiger partial charge in [0.2, 0.25) is 0 Å². The second kappa shape index (κ2) is 8.80. The van der Waals surface area contributed by atoms with Crippen LogP contribution in [0.15, 0.2) is 12.3 Å². The number of rotatable bonds is 4. The van der Waals surface area contributed by atoms with Gasteiger partial charge in [-0.3, -0.25) is 4.79 Å². The van der Waals surface area contributed by atoms with Crippen molar-refractivity contribution in [2.45, 2.75) is 47.1 Å². The van der Waals surface area contributed by atoms with Gasteiger partial charge in [0, 0.05) is 37.6 Å². The van der Waals surface area contributed by atoms with Crippen LogP contribution in [0.2, 0.25) is 0 Å². The highest BCUT2D eigenvalue weighted by atomic mass is 16.6. The fourth-order valence-corrected chi connectivity index (χ4v) is 3.46. The maximum Gasteiger partial charge on any atom is 0.409 e. The van der Waals surface area contributed by atoms with E-state index in [0.717, 1.165) is 17.5 Å². The minimum atomic E-state index is -0.298. The number of nitrogens with zero attached hydrogens (tertiary/aromatic N) is 5. The molecule has 158 valence electrons. The van der Waals surface area contributed by atoms with Gasteiger partial charge in [-0.2, -0.15) is 5.10 Å². The molecule has 0 bridgehead atoms. The van der Waals surface area contributed by atoms with Crippen molar-refractivity contribution in [1.82, 2.24) is 24.6 Å². The number of fused-ring (bicyclic) bond motifs is 1. The van der Waals surface area contributed by atoms with Crippen molar-refractivity contribution in [3.63, 3.8) is 0 Å². The summed E-state index contributed by atoms with van der Waals surface area (Å²) in [7, 11) is 0. The lowest BCUT2D eigenvalue weighted by Crippen LogP contribution is -2.38. The van der Waals surface area contributed by atoms with E-state index in [0.29, 0.717) is 50.0 Å². The van der Waals surface area contributed by atoms with E-state index in [9.17, 15) is 9.59 Å². The van der Waals surface area contributed by atoms with Crippen molar-refractivity contribution in [2.75, 3.05) is 32.8 Å². The molecule has 2 amide bonds. The second-order valence-electron chi connectivity index (χ2n) is 8.32. The van der Waals surface area contributed by atoms with Crippen LogP contribution in [0.3, 0.4) is 0 Å². The van der Waals surface area contributed by atoms with E-state index in [1.165, 1.54) is 0 Å². The molecular formula is C21H31N5O3. The number of pyridine rings is 1. The number of hydrogen-bond donors (Lipinski definition) is 0. The molecule has 0 saturated carbocycles. The Bertz CT molecular complexity index is 890. The highest BCUT2D eigenvalue weighted by molar-refractivity contribution is 5.98. The van der Waals surface area contributed by atoms with Crippen molar-refractivity contribution in [3.8, 4) is 0 Å². The van der Waals surface area contributed by atoms with Gasteiger partial charge in [-0.05, 0) is 39.2 Å². The summed E-state index contributed by atoms with van der Waals surface area (Å²) in [6.07, 6.45) is 2.18. The highest BCUT2D eigenvalue weighted by Gasteiger charge is 2.25. The van der Waals surface area contributed by atoms with Crippen LogP contribution in [-0.2, 0) is 4.74 Å². The molecule has 0 atom stereocenters. The summed E-state index contributed by atoms with van der Waals surface area (Å²) >= 11 is 0. The molecule has 2 aromatic heterocycles. The van der Waals surface area contributed by atoms with Crippen LogP contribution in [0.1, 0.15) is 56.2 Å². The van der Waals surface area contributed by atoms with Crippen molar-refractivity contribution in [1.29, 1.82) is 0 Å². The Labute approximate surface area is 171 Å². The van der Waals surface area contributed by atoms with Gasteiger partial charge < -0.3 is 14.5 Å². The number of carbonyl (C=O) groups is 2. The Balaban J connectivity index is 1.72. The zero-order valence-corrected chi connectivity index (χ0v) is 18.0. The third-order valence-corrected chi connectivity index (χ3v) is 5.06. The fourth-order valence-electron chi connectivity index (χ4n) is 3.46. The maximum absolute atomic E-state index is 13.2. The first-order valence-corrected chi connectivity index (χ1v) is 10.3. The van der Waals surface area contributed by atoms with E-state index in [2.05, 4.69) is 23.9 Å². The van der Waals surface area contributed by atoms with Gasteiger partial charge in [0.15, 0.2) is 5.65 Å². The standard InChI is InChI=1S/C21H31N5O3/c1-14(2)13-29-21(28)25-8-6-7-24(9-10-25)20(27)18-11-17-12-22-26(15(3)4)19(17)23-16(18)5/h11-12,14-15H,6-10,13H2,1-5H3. The molecule has 29 heavy (non-hydrogen) atoms. The highest BCUT2D eigenvalue weighted by Crippen LogP contribution is 2.21. The SMILES string of the molecule is Cc1nc2c(cnn2C(C)C)cc1C(=O)N1CCCN(C(=O)OCC(C)C)CC1. The minimum Gasteiger partial charge on any atom is -0.449 e. The van der Waals surface area contributed by atoms with E-state index in [1.54, 1.807) is 16.0 Å². The van der Waals surface area contributed by atoms with E-state index >= 15 is 0 Å². The number of carbonyl (C=O) groups excluding carboxylic acids is 2. The van der Waals surface area contributed by atoms with Gasteiger partial charge in [0.25, 0.3) is 5.91 Å². The third kappa shape index (κ3) is 4.68. The largest absolute Gasteiger partial charge is 0.449 e. The van der Waals surface area contributed by atoms with E-state index in [4.69, 9.17) is 4.74 Å². The van der Waals surface area contributed by atoms with Crippen molar-refractivity contribution >= 4 is 23.0 Å². The first kappa shape index (κ1) is 21.1. The Hall–Kier alpha value is -2.64. The molecule has 8 nitrogen and oxygen atoms in total. The average Bonchev–Trinajstić information content (AvgIpc) is 2.92. The summed E-state index contributed by atoms with van der Waals surface area (Å²) in [4.78, 5) is 33.6. The Kier molecular flexibility index (Phi) is 6.39. The van der Waals surface area contributed by atoms with Crippen molar-refractivity contribution < 1.29 is 14.3 Å². The summed E-state index contributed by atoms with van der Waals surface area (Å²) in [5, 5.41) is 5.26. The monoisotopic (exact) mass is 401 g/mol. The molecule has 1 aliphatic rings. The molecule has 0 N–H and O–H groups in total. The molecule has 1 saturated heterocycles. The lowest BCUT2D eigenvalue weighted by molar-refractivity contribution is 0.0745. The molecule has 8 heteroatoms. The van der Waals surface area contributed by atoms with Crippen LogP contribution in [-0.4, -0.2) is 69.4 Å². The van der Waals surface area contributed by atoms with E-state index < -0.39 is 0 Å². The van der Waals surface area contributed by atoms with E-state index in [-0.39, 0.29) is 18.0 Å². The molecule has 0 unspecified atom stereocenters. The number of aromatic nitrogens is 3. The number of ether oxygens (including phenoxy) is 1. The van der Waals surface area contributed by atoms with Gasteiger partial charge in [0.1, 0.15) is 0 Å². The average molecular weight is 402 g/mol. The molecule has 3 rings (SSSR count). The predicted octanol–water partition coefficient (Wildman–Crippen LogP) is 3.26. The minimum absolute atomic E-state index is 0.0494. The summed E-state index contributed by atoms with van der Waals surface area (Å²) in [6, 6.07) is 2.08. The van der Waals surface area contributed by atoms with Crippen LogP contribution in [0.4, 0.5) is 4.79 Å². The van der Waals surface area contributed by atoms with Crippen LogP contribution >= 0.6 is 0 Å². The third-order valence-electron chi connectivity index (χ3n) is 5.06. The second-order valence-corrected chi connectivity index (χ2v) is 8.32. The summed E-state index contributed by atoms with van der Waals surface area (Å²) < 4.78 is 7.20. The van der Waals surface area contributed by atoms with Crippen LogP contribution in [0.25, 0.3) is 11.0 Å². The normalized spacial score (nSPS) is 15.3. The predicted molar refractivity (Wildman–Crippen MR) is 111 cm³/mol. The molecule has 0 aliphatic carbocycles. The zero-order chi connectivity index (χ0) is 21.1. The maximum atomic E-state index is 13.2. The number of hydrogen-bond acceptors (Lipinski definition) is 5. The quantitative estimate of drug-likeness (QED) is 0.785. The Morgan fingerprint density at radius 2 is 1.79 bits per heavy atom. The fraction of sp³-hybridized carbons (Fsp3) is 0.619. The number of amides is 2. The van der Waals surface area contributed by atoms with Crippen LogP contribution in [0.5, 0.6) is 0 Å².